The van der Waals surface area contributed by atoms with Gasteiger partial charge in [-0.2, -0.15) is 0 Å². The molecule has 1 heterocycles. The first kappa shape index (κ1) is 65.1. The molecular formula is C57H113NO10. The number of ether oxygens (including phenoxy) is 2. The first-order chi connectivity index (χ1) is 33.2. The molecule has 1 aliphatic heterocycles. The standard InChI is InChI=1S/C57H113NO10/c1-3-5-7-9-11-13-15-16-17-18-19-20-21-22-23-24-25-26-27-28-29-30-31-32-33-34-35-37-39-41-43-45-50(61)56(66)58-48(47-67-57-55(65)54(64)53(63)51(46-59)68-57)52(62)49(60)44-42-40-38-36-14-12-10-8-6-4-2/h48-55,57,59-65H,3-47H2,1-2H3,(H,58,66). The third-order valence-corrected chi connectivity index (χ3v) is 14.7. The van der Waals surface area contributed by atoms with Gasteiger partial charge in [0.2, 0.25) is 5.91 Å². The molecule has 406 valence electrons. The average Bonchev–Trinajstić information content (AvgIpc) is 3.34. The number of carbonyl (C=O) groups excluding carboxylic acids is 1. The molecule has 9 atom stereocenters. The minimum Gasteiger partial charge on any atom is -0.394 e. The number of hydrogen-bond donors (Lipinski definition) is 8. The SMILES string of the molecule is CCCCCCCCCCCCCCCCCCCCCCCCCCCCCCCCCC(O)C(=O)NC(COC1OC(CO)C(O)C(O)C1O)C(O)C(O)CCCCCCCCCCCC. The van der Waals surface area contributed by atoms with Gasteiger partial charge in [-0.05, 0) is 12.8 Å². The molecule has 1 rings (SSSR count). The van der Waals surface area contributed by atoms with Crippen LogP contribution in [-0.4, -0.2) is 110 Å². The van der Waals surface area contributed by atoms with Crippen LogP contribution in [0.25, 0.3) is 0 Å². The summed E-state index contributed by atoms with van der Waals surface area (Å²) >= 11 is 0. The fraction of sp³-hybridized carbons (Fsp3) is 0.982. The molecule has 0 aliphatic carbocycles. The summed E-state index contributed by atoms with van der Waals surface area (Å²) in [7, 11) is 0. The zero-order chi connectivity index (χ0) is 49.7. The van der Waals surface area contributed by atoms with Gasteiger partial charge in [-0.15, -0.1) is 0 Å². The number of unbranched alkanes of at least 4 members (excludes halogenated alkanes) is 39. The summed E-state index contributed by atoms with van der Waals surface area (Å²) in [6.07, 6.45) is 42.0. The van der Waals surface area contributed by atoms with Gasteiger partial charge in [0.15, 0.2) is 6.29 Å². The molecule has 0 aromatic heterocycles. The quantitative estimate of drug-likeness (QED) is 0.0272. The van der Waals surface area contributed by atoms with Crippen LogP contribution in [0.3, 0.4) is 0 Å². The van der Waals surface area contributed by atoms with E-state index in [9.17, 15) is 40.5 Å². The molecular weight excluding hydrogens is 859 g/mol. The smallest absolute Gasteiger partial charge is 0.249 e. The molecule has 0 saturated carbocycles. The number of hydrogen-bond acceptors (Lipinski definition) is 10. The highest BCUT2D eigenvalue weighted by Crippen LogP contribution is 2.24. The number of aliphatic hydroxyl groups is 7. The maximum atomic E-state index is 13.1. The van der Waals surface area contributed by atoms with E-state index in [0.29, 0.717) is 19.3 Å². The van der Waals surface area contributed by atoms with Gasteiger partial charge in [0, 0.05) is 0 Å². The summed E-state index contributed by atoms with van der Waals surface area (Å²) in [4.78, 5) is 13.1. The Labute approximate surface area is 418 Å². The van der Waals surface area contributed by atoms with Gasteiger partial charge in [0.25, 0.3) is 0 Å². The van der Waals surface area contributed by atoms with E-state index in [0.717, 1.165) is 38.5 Å². The van der Waals surface area contributed by atoms with Gasteiger partial charge in [-0.3, -0.25) is 4.79 Å². The van der Waals surface area contributed by atoms with Gasteiger partial charge >= 0.3 is 0 Å². The molecule has 0 aromatic rings. The maximum absolute atomic E-state index is 13.1. The van der Waals surface area contributed by atoms with Crippen molar-refractivity contribution in [2.24, 2.45) is 0 Å². The topological polar surface area (TPSA) is 189 Å². The molecule has 68 heavy (non-hydrogen) atoms. The summed E-state index contributed by atoms with van der Waals surface area (Å²) in [5.41, 5.74) is 0. The van der Waals surface area contributed by atoms with E-state index < -0.39 is 74.2 Å². The fourth-order valence-corrected chi connectivity index (χ4v) is 9.86. The van der Waals surface area contributed by atoms with Crippen molar-refractivity contribution in [2.45, 2.75) is 345 Å². The summed E-state index contributed by atoms with van der Waals surface area (Å²) < 4.78 is 11.1. The van der Waals surface area contributed by atoms with Gasteiger partial charge in [-0.1, -0.05) is 277 Å². The maximum Gasteiger partial charge on any atom is 0.249 e. The Hall–Kier alpha value is -0.890. The second-order valence-corrected chi connectivity index (χ2v) is 21.1. The Morgan fingerprint density at radius 1 is 0.456 bits per heavy atom. The van der Waals surface area contributed by atoms with Crippen molar-refractivity contribution < 1.29 is 50.0 Å². The molecule has 11 heteroatoms. The summed E-state index contributed by atoms with van der Waals surface area (Å²) in [5.74, 6) is -0.692. The van der Waals surface area contributed by atoms with Crippen molar-refractivity contribution in [1.82, 2.24) is 5.32 Å². The van der Waals surface area contributed by atoms with E-state index in [4.69, 9.17) is 9.47 Å². The minimum atomic E-state index is -1.66. The molecule has 0 spiro atoms. The Morgan fingerprint density at radius 3 is 1.09 bits per heavy atom. The van der Waals surface area contributed by atoms with E-state index in [2.05, 4.69) is 19.2 Å². The number of nitrogens with one attached hydrogen (secondary N) is 1. The van der Waals surface area contributed by atoms with Crippen LogP contribution < -0.4 is 5.32 Å². The van der Waals surface area contributed by atoms with Crippen LogP contribution >= 0.6 is 0 Å². The number of carbonyl (C=O) groups is 1. The van der Waals surface area contributed by atoms with Gasteiger partial charge in [0.1, 0.15) is 36.6 Å². The monoisotopic (exact) mass is 972 g/mol. The fourth-order valence-electron chi connectivity index (χ4n) is 9.86. The predicted molar refractivity (Wildman–Crippen MR) is 280 cm³/mol. The average molecular weight is 973 g/mol. The largest absolute Gasteiger partial charge is 0.394 e. The third kappa shape index (κ3) is 35.3. The Kier molecular flexibility index (Phi) is 45.1. The van der Waals surface area contributed by atoms with Gasteiger partial charge < -0.3 is 50.5 Å². The molecule has 9 unspecified atom stereocenters. The number of amides is 1. The lowest BCUT2D eigenvalue weighted by Crippen LogP contribution is -2.60. The highest BCUT2D eigenvalue weighted by molar-refractivity contribution is 5.80. The zero-order valence-electron chi connectivity index (χ0n) is 44.4. The van der Waals surface area contributed by atoms with E-state index >= 15 is 0 Å². The van der Waals surface area contributed by atoms with Crippen LogP contribution in [0.1, 0.15) is 290 Å². The molecule has 11 nitrogen and oxygen atoms in total. The second kappa shape index (κ2) is 47.1. The summed E-state index contributed by atoms with van der Waals surface area (Å²) in [6, 6.07) is -1.16. The Bertz CT molecular complexity index is 1070. The normalized spacial score (nSPS) is 20.4. The minimum absolute atomic E-state index is 0.267. The van der Waals surface area contributed by atoms with Crippen molar-refractivity contribution in [3.63, 3.8) is 0 Å². The lowest BCUT2D eigenvalue weighted by atomic mass is 9.98. The Balaban J connectivity index is 2.15. The molecule has 1 saturated heterocycles. The summed E-state index contributed by atoms with van der Waals surface area (Å²) in [6.45, 7) is 3.46. The van der Waals surface area contributed by atoms with Crippen molar-refractivity contribution in [2.75, 3.05) is 13.2 Å². The molecule has 1 fully saturated rings. The molecule has 1 amide bonds. The van der Waals surface area contributed by atoms with Crippen molar-refractivity contribution in [3.05, 3.63) is 0 Å². The van der Waals surface area contributed by atoms with Crippen molar-refractivity contribution in [1.29, 1.82) is 0 Å². The molecule has 0 bridgehead atoms. The highest BCUT2D eigenvalue weighted by Gasteiger charge is 2.44. The van der Waals surface area contributed by atoms with E-state index in [1.165, 1.54) is 212 Å². The van der Waals surface area contributed by atoms with Crippen LogP contribution in [0.5, 0.6) is 0 Å². The number of rotatable bonds is 51. The number of aliphatic hydroxyl groups excluding tert-OH is 7. The first-order valence-electron chi connectivity index (χ1n) is 29.4. The second-order valence-electron chi connectivity index (χ2n) is 21.1. The van der Waals surface area contributed by atoms with Crippen LogP contribution in [0.15, 0.2) is 0 Å². The highest BCUT2D eigenvalue weighted by atomic mass is 16.7. The van der Waals surface area contributed by atoms with E-state index in [1.807, 2.05) is 0 Å². The lowest BCUT2D eigenvalue weighted by molar-refractivity contribution is -0.303. The molecule has 1 aliphatic rings. The Morgan fingerprint density at radius 2 is 0.765 bits per heavy atom. The van der Waals surface area contributed by atoms with Crippen molar-refractivity contribution in [3.8, 4) is 0 Å². The van der Waals surface area contributed by atoms with Crippen LogP contribution in [0.2, 0.25) is 0 Å². The van der Waals surface area contributed by atoms with Crippen molar-refractivity contribution >= 4 is 5.91 Å². The van der Waals surface area contributed by atoms with Gasteiger partial charge in [0.05, 0.1) is 25.4 Å². The van der Waals surface area contributed by atoms with Crippen LogP contribution in [0, 0.1) is 0 Å². The molecule has 8 N–H and O–H groups in total. The molecule has 0 aromatic carbocycles. The van der Waals surface area contributed by atoms with E-state index in [-0.39, 0.29) is 6.42 Å². The first-order valence-corrected chi connectivity index (χ1v) is 29.4. The zero-order valence-corrected chi connectivity index (χ0v) is 44.4. The van der Waals surface area contributed by atoms with E-state index in [1.54, 1.807) is 0 Å². The van der Waals surface area contributed by atoms with Gasteiger partial charge in [-0.25, -0.2) is 0 Å². The van der Waals surface area contributed by atoms with Crippen LogP contribution in [-0.2, 0) is 14.3 Å². The predicted octanol–water partition coefficient (Wildman–Crippen LogP) is 12.2. The van der Waals surface area contributed by atoms with Crippen LogP contribution in [0.4, 0.5) is 0 Å². The lowest BCUT2D eigenvalue weighted by Gasteiger charge is -2.40. The third-order valence-electron chi connectivity index (χ3n) is 14.7. The summed E-state index contributed by atoms with van der Waals surface area (Å²) in [5, 5.41) is 75.8. The molecule has 0 radical (unpaired) electrons.